The molecule has 100 valence electrons. The smallest absolute Gasteiger partial charge is 0.397 e. The van der Waals surface area contributed by atoms with E-state index in [0.29, 0.717) is 0 Å². The van der Waals surface area contributed by atoms with Crippen molar-refractivity contribution in [2.75, 3.05) is 0 Å². The summed E-state index contributed by atoms with van der Waals surface area (Å²) in [5.41, 5.74) is 0. The molecular weight excluding hydrogens is 278 g/mol. The maximum absolute atomic E-state index is 12.2. The number of rotatable bonds is 3. The molecule has 0 aliphatic rings. The fourth-order valence-corrected chi connectivity index (χ4v) is 0.448. The number of hydrogen-bond acceptors (Lipinski definition) is 1. The van der Waals surface area contributed by atoms with Crippen LogP contribution in [0.2, 0.25) is 0 Å². The first-order valence-corrected chi connectivity index (χ1v) is 3.30. The molecule has 0 heterocycles. The molecule has 0 bridgehead atoms. The summed E-state index contributed by atoms with van der Waals surface area (Å²) in [6.07, 6.45) is -15.5. The summed E-state index contributed by atoms with van der Waals surface area (Å²) < 4.78 is 119. The molecule has 0 aromatic rings. The molecule has 0 saturated heterocycles. The van der Waals surface area contributed by atoms with Gasteiger partial charge in [0, 0.05) is 0 Å². The number of alkyl halides is 5. The molecule has 0 rings (SSSR count). The third kappa shape index (κ3) is 4.15. The van der Waals surface area contributed by atoms with Crippen LogP contribution in [-0.4, -0.2) is 12.3 Å². The van der Waals surface area contributed by atoms with Crippen molar-refractivity contribution >= 4 is 0 Å². The Morgan fingerprint density at radius 3 is 1.41 bits per heavy atom. The van der Waals surface area contributed by atoms with E-state index in [-0.39, 0.29) is 0 Å². The highest BCUT2D eigenvalue weighted by Gasteiger charge is 2.50. The highest BCUT2D eigenvalue weighted by molar-refractivity contribution is 5.11. The van der Waals surface area contributed by atoms with Gasteiger partial charge in [0.2, 0.25) is 5.83 Å². The summed E-state index contributed by atoms with van der Waals surface area (Å²) in [4.78, 5) is 0. The second-order valence-corrected chi connectivity index (χ2v) is 2.28. The van der Waals surface area contributed by atoms with E-state index >= 15 is 0 Å². The van der Waals surface area contributed by atoms with Gasteiger partial charge in [-0.05, 0) is 0 Å². The number of hydrogen-bond donors (Lipinski definition) is 0. The molecule has 0 unspecified atom stereocenters. The minimum Gasteiger partial charge on any atom is -0.397 e. The van der Waals surface area contributed by atoms with Crippen molar-refractivity contribution in [2.45, 2.75) is 12.3 Å². The minimum absolute atomic E-state index is 2.23. The first kappa shape index (κ1) is 15.6. The predicted molar refractivity (Wildman–Crippen MR) is 31.7 cm³/mol. The molecule has 11 heteroatoms. The van der Waals surface area contributed by atoms with Gasteiger partial charge in [-0.3, -0.25) is 0 Å². The Balaban J connectivity index is 5.28. The zero-order valence-corrected chi connectivity index (χ0v) is 7.19. The van der Waals surface area contributed by atoms with Gasteiger partial charge in [0.25, 0.3) is 5.83 Å². The van der Waals surface area contributed by atoms with Gasteiger partial charge in [0.1, 0.15) is 0 Å². The molecule has 0 amide bonds. The van der Waals surface area contributed by atoms with E-state index in [2.05, 4.69) is 4.74 Å². The summed E-state index contributed by atoms with van der Waals surface area (Å²) in [7, 11) is 0. The summed E-state index contributed by atoms with van der Waals surface area (Å²) in [6.45, 7) is 0. The third-order valence-corrected chi connectivity index (χ3v) is 1.06. The van der Waals surface area contributed by atoms with Crippen LogP contribution in [0.5, 0.6) is 0 Å². The zero-order valence-electron chi connectivity index (χ0n) is 7.19. The Labute approximate surface area is 86.0 Å². The highest BCUT2D eigenvalue weighted by atomic mass is 19.4. The maximum atomic E-state index is 12.2. The molecule has 0 fully saturated rings. The van der Waals surface area contributed by atoms with Crippen molar-refractivity contribution in [3.63, 3.8) is 0 Å². The highest BCUT2D eigenvalue weighted by Crippen LogP contribution is 2.39. The van der Waals surface area contributed by atoms with Gasteiger partial charge in [0.05, 0.1) is 0 Å². The zero-order chi connectivity index (χ0) is 14.0. The van der Waals surface area contributed by atoms with Crippen molar-refractivity contribution in [3.05, 3.63) is 23.7 Å². The van der Waals surface area contributed by atoms with Crippen LogP contribution in [-0.2, 0) is 4.74 Å². The lowest BCUT2D eigenvalue weighted by Crippen LogP contribution is -2.25. The van der Waals surface area contributed by atoms with Gasteiger partial charge >= 0.3 is 24.4 Å². The standard InChI is InChI=1S/C6F10O/c7-1(5(12,13)14)2(8)6(15,16)17-4(11)3(9)10/b2-1+. The van der Waals surface area contributed by atoms with Crippen LogP contribution in [0.1, 0.15) is 0 Å². The van der Waals surface area contributed by atoms with Crippen LogP contribution in [0.25, 0.3) is 0 Å². The van der Waals surface area contributed by atoms with E-state index < -0.39 is 36.0 Å². The molecule has 0 N–H and O–H groups in total. The van der Waals surface area contributed by atoms with E-state index in [1.54, 1.807) is 0 Å². The van der Waals surface area contributed by atoms with E-state index in [0.717, 1.165) is 0 Å². The van der Waals surface area contributed by atoms with Gasteiger partial charge in [-0.2, -0.15) is 43.9 Å². The maximum Gasteiger partial charge on any atom is 0.458 e. The predicted octanol–water partition coefficient (Wildman–Crippen LogP) is 4.34. The lowest BCUT2D eigenvalue weighted by molar-refractivity contribution is -0.217. The van der Waals surface area contributed by atoms with Gasteiger partial charge in [0.15, 0.2) is 0 Å². The first-order valence-electron chi connectivity index (χ1n) is 3.30. The summed E-state index contributed by atoms with van der Waals surface area (Å²) in [6, 6.07) is -3.33. The normalized spacial score (nSPS) is 14.2. The van der Waals surface area contributed by atoms with Crippen LogP contribution in [0, 0.1) is 0 Å². The van der Waals surface area contributed by atoms with Crippen molar-refractivity contribution in [2.24, 2.45) is 0 Å². The van der Waals surface area contributed by atoms with Gasteiger partial charge in [-0.25, -0.2) is 0 Å². The molecule has 0 atom stereocenters. The lowest BCUT2D eigenvalue weighted by Gasteiger charge is -2.15. The molecule has 0 aromatic heterocycles. The van der Waals surface area contributed by atoms with Gasteiger partial charge in [-0.1, -0.05) is 0 Å². The van der Waals surface area contributed by atoms with Gasteiger partial charge < -0.3 is 4.74 Å². The van der Waals surface area contributed by atoms with Crippen molar-refractivity contribution in [1.29, 1.82) is 0 Å². The Kier molecular flexibility index (Phi) is 4.43. The fraction of sp³-hybridized carbons (Fsp3) is 0.333. The number of allylic oxidation sites excluding steroid dienone is 1. The lowest BCUT2D eigenvalue weighted by atomic mass is 10.4. The molecule has 0 aliphatic carbocycles. The number of halogens is 10. The molecule has 0 spiro atoms. The van der Waals surface area contributed by atoms with Crippen LogP contribution < -0.4 is 0 Å². The second kappa shape index (κ2) is 4.84. The Morgan fingerprint density at radius 2 is 1.12 bits per heavy atom. The first-order chi connectivity index (χ1) is 7.39. The number of ether oxygens (including phenoxy) is 1. The van der Waals surface area contributed by atoms with Crippen molar-refractivity contribution < 1.29 is 48.6 Å². The summed E-state index contributed by atoms with van der Waals surface area (Å²) in [5.74, 6) is -7.80. The van der Waals surface area contributed by atoms with E-state index in [1.165, 1.54) is 0 Å². The molecule has 0 aliphatic heterocycles. The monoisotopic (exact) mass is 278 g/mol. The quantitative estimate of drug-likeness (QED) is 0.551. The molecule has 0 radical (unpaired) electrons. The third-order valence-electron chi connectivity index (χ3n) is 1.06. The average molecular weight is 278 g/mol. The van der Waals surface area contributed by atoms with Crippen molar-refractivity contribution in [3.8, 4) is 0 Å². The molecule has 0 saturated carbocycles. The van der Waals surface area contributed by atoms with E-state index in [4.69, 9.17) is 0 Å². The van der Waals surface area contributed by atoms with Crippen LogP contribution in [0.15, 0.2) is 23.7 Å². The average Bonchev–Trinajstić information content (AvgIpc) is 2.13. The minimum atomic E-state index is -6.13. The Morgan fingerprint density at radius 1 is 0.706 bits per heavy atom. The topological polar surface area (TPSA) is 9.23 Å². The Bertz CT molecular complexity index is 346. The molecular formula is C6F10O. The van der Waals surface area contributed by atoms with E-state index in [9.17, 15) is 43.9 Å². The van der Waals surface area contributed by atoms with Gasteiger partial charge in [-0.15, -0.1) is 0 Å². The fourth-order valence-electron chi connectivity index (χ4n) is 0.448. The molecule has 17 heavy (non-hydrogen) atoms. The largest absolute Gasteiger partial charge is 0.458 e. The molecule has 1 nitrogen and oxygen atoms in total. The van der Waals surface area contributed by atoms with Crippen LogP contribution in [0.4, 0.5) is 43.9 Å². The molecule has 0 aromatic carbocycles. The SMILES string of the molecule is FC(F)=C(F)OC(F)(F)/C(F)=C(\F)C(F)(F)F. The second-order valence-electron chi connectivity index (χ2n) is 2.28. The van der Waals surface area contributed by atoms with Crippen LogP contribution >= 0.6 is 0 Å². The van der Waals surface area contributed by atoms with Crippen LogP contribution in [0.3, 0.4) is 0 Å². The summed E-state index contributed by atoms with van der Waals surface area (Å²) in [5, 5.41) is 0. The van der Waals surface area contributed by atoms with E-state index in [1.807, 2.05) is 0 Å². The van der Waals surface area contributed by atoms with Crippen molar-refractivity contribution in [1.82, 2.24) is 0 Å². The Hall–Kier alpha value is -1.42. The summed E-state index contributed by atoms with van der Waals surface area (Å²) >= 11 is 0.